The molecule has 0 aliphatic rings. The molecule has 0 spiro atoms. The number of fused-ring (bicyclic) bond motifs is 1. The predicted octanol–water partition coefficient (Wildman–Crippen LogP) is 4.93. The number of nitrogens with zero attached hydrogens (tertiary/aromatic N) is 2. The quantitative estimate of drug-likeness (QED) is 0.607. The predicted molar refractivity (Wildman–Crippen MR) is 95.2 cm³/mol. The molecule has 0 aliphatic heterocycles. The zero-order valence-corrected chi connectivity index (χ0v) is 14.3. The lowest BCUT2D eigenvalue weighted by molar-refractivity contribution is -0.144. The summed E-state index contributed by atoms with van der Waals surface area (Å²) in [6.45, 7) is 3.06. The van der Waals surface area contributed by atoms with E-state index < -0.39 is 12.0 Å². The molecule has 0 amide bonds. The van der Waals surface area contributed by atoms with Gasteiger partial charge >= 0.3 is 6.18 Å². The molecular weight excluding hydrogens is 349 g/mol. The fraction of sp³-hybridized carbons (Fsp3) is 0.294. The second-order valence-electron chi connectivity index (χ2n) is 5.54. The summed E-state index contributed by atoms with van der Waals surface area (Å²) in [5.41, 5.74) is 1.01. The van der Waals surface area contributed by atoms with Crippen molar-refractivity contribution >= 4 is 33.1 Å². The highest BCUT2D eigenvalue weighted by atomic mass is 32.1. The van der Waals surface area contributed by atoms with Gasteiger partial charge in [0.05, 0.1) is 5.39 Å². The van der Waals surface area contributed by atoms with Crippen molar-refractivity contribution in [3.63, 3.8) is 0 Å². The average molecular weight is 366 g/mol. The van der Waals surface area contributed by atoms with Crippen LogP contribution in [0.2, 0.25) is 0 Å². The lowest BCUT2D eigenvalue weighted by atomic mass is 10.3. The van der Waals surface area contributed by atoms with Gasteiger partial charge < -0.3 is 10.6 Å². The van der Waals surface area contributed by atoms with Crippen LogP contribution in [0.1, 0.15) is 17.1 Å². The Morgan fingerprint density at radius 1 is 1.04 bits per heavy atom. The molecule has 4 nitrogen and oxygen atoms in total. The maximum absolute atomic E-state index is 13.0. The Labute approximate surface area is 147 Å². The molecule has 0 saturated carbocycles. The van der Waals surface area contributed by atoms with Crippen LogP contribution in [0.25, 0.3) is 10.2 Å². The number of aryl methyl sites for hydroxylation is 1. The molecule has 0 atom stereocenters. The normalized spacial score (nSPS) is 11.7. The molecule has 2 heterocycles. The number of hydrogen-bond acceptors (Lipinski definition) is 5. The summed E-state index contributed by atoms with van der Waals surface area (Å²) in [6, 6.07) is 11.6. The van der Waals surface area contributed by atoms with Gasteiger partial charge in [-0.3, -0.25) is 0 Å². The van der Waals surface area contributed by atoms with Crippen molar-refractivity contribution in [1.29, 1.82) is 0 Å². The molecule has 0 bridgehead atoms. The standard InChI is InChI=1S/C17H17F3N4S/c1-11-10-13-14(23-16(17(18,19)20)24-15(13)25-11)22-9-5-8-21-12-6-3-2-4-7-12/h2-4,6-7,10,21H,5,8-9H2,1H3,(H,22,23,24). The topological polar surface area (TPSA) is 49.8 Å². The molecule has 132 valence electrons. The average Bonchev–Trinajstić information content (AvgIpc) is 2.95. The Kier molecular flexibility index (Phi) is 5.08. The van der Waals surface area contributed by atoms with Gasteiger partial charge in [0.2, 0.25) is 5.82 Å². The molecule has 0 radical (unpaired) electrons. The molecule has 3 aromatic rings. The van der Waals surface area contributed by atoms with E-state index in [4.69, 9.17) is 0 Å². The van der Waals surface area contributed by atoms with E-state index in [0.717, 1.165) is 17.0 Å². The van der Waals surface area contributed by atoms with Gasteiger partial charge in [0.15, 0.2) is 0 Å². The summed E-state index contributed by atoms with van der Waals surface area (Å²) in [4.78, 5) is 8.57. The number of halogens is 3. The molecule has 2 aromatic heterocycles. The largest absolute Gasteiger partial charge is 0.451 e. The smallest absolute Gasteiger partial charge is 0.385 e. The Balaban J connectivity index is 1.66. The summed E-state index contributed by atoms with van der Waals surface area (Å²) >= 11 is 1.23. The minimum absolute atomic E-state index is 0.237. The third-order valence-corrected chi connectivity index (χ3v) is 4.46. The molecule has 0 unspecified atom stereocenters. The van der Waals surface area contributed by atoms with Gasteiger partial charge in [0.25, 0.3) is 0 Å². The Bertz CT molecular complexity index is 846. The number of thiophene rings is 1. The van der Waals surface area contributed by atoms with E-state index in [1.54, 1.807) is 0 Å². The van der Waals surface area contributed by atoms with Gasteiger partial charge in [-0.1, -0.05) is 18.2 Å². The minimum Gasteiger partial charge on any atom is -0.385 e. The van der Waals surface area contributed by atoms with Crippen LogP contribution in [0, 0.1) is 6.92 Å². The van der Waals surface area contributed by atoms with Gasteiger partial charge in [-0.2, -0.15) is 13.2 Å². The first kappa shape index (κ1) is 17.5. The van der Waals surface area contributed by atoms with Crippen LogP contribution >= 0.6 is 11.3 Å². The highest BCUT2D eigenvalue weighted by Gasteiger charge is 2.35. The van der Waals surface area contributed by atoms with Crippen molar-refractivity contribution in [2.75, 3.05) is 23.7 Å². The number of alkyl halides is 3. The van der Waals surface area contributed by atoms with Gasteiger partial charge in [-0.25, -0.2) is 9.97 Å². The van der Waals surface area contributed by atoms with Crippen molar-refractivity contribution in [2.24, 2.45) is 0 Å². The maximum atomic E-state index is 13.0. The lowest BCUT2D eigenvalue weighted by Gasteiger charge is -2.11. The first-order valence-electron chi connectivity index (χ1n) is 7.81. The summed E-state index contributed by atoms with van der Waals surface area (Å²) in [5.74, 6) is -0.867. The number of benzene rings is 1. The summed E-state index contributed by atoms with van der Waals surface area (Å²) in [7, 11) is 0. The first-order valence-corrected chi connectivity index (χ1v) is 8.63. The molecule has 0 aliphatic carbocycles. The summed E-state index contributed by atoms with van der Waals surface area (Å²) in [5, 5.41) is 6.90. The van der Waals surface area contributed by atoms with E-state index in [2.05, 4.69) is 20.6 Å². The highest BCUT2D eigenvalue weighted by molar-refractivity contribution is 7.18. The minimum atomic E-state index is -4.56. The van der Waals surface area contributed by atoms with E-state index >= 15 is 0 Å². The van der Waals surface area contributed by atoms with Crippen molar-refractivity contribution in [3.05, 3.63) is 47.1 Å². The van der Waals surface area contributed by atoms with Crippen LogP contribution in [0.15, 0.2) is 36.4 Å². The molecule has 2 N–H and O–H groups in total. The Morgan fingerprint density at radius 3 is 2.48 bits per heavy atom. The number of para-hydroxylation sites is 1. The monoisotopic (exact) mass is 366 g/mol. The summed E-state index contributed by atoms with van der Waals surface area (Å²) in [6.07, 6.45) is -3.82. The van der Waals surface area contributed by atoms with Gasteiger partial charge in [-0.15, -0.1) is 11.3 Å². The van der Waals surface area contributed by atoms with Crippen LogP contribution in [-0.2, 0) is 6.18 Å². The zero-order chi connectivity index (χ0) is 17.9. The lowest BCUT2D eigenvalue weighted by Crippen LogP contribution is -2.14. The molecule has 25 heavy (non-hydrogen) atoms. The molecule has 8 heteroatoms. The number of anilines is 2. The van der Waals surface area contributed by atoms with Crippen LogP contribution in [0.4, 0.5) is 24.7 Å². The molecule has 0 fully saturated rings. The molecule has 1 aromatic carbocycles. The number of hydrogen-bond donors (Lipinski definition) is 2. The van der Waals surface area contributed by atoms with E-state index in [-0.39, 0.29) is 5.82 Å². The fourth-order valence-electron chi connectivity index (χ4n) is 2.39. The third-order valence-electron chi connectivity index (χ3n) is 3.52. The maximum Gasteiger partial charge on any atom is 0.451 e. The molecular formula is C17H17F3N4S. The second-order valence-corrected chi connectivity index (χ2v) is 6.78. The van der Waals surface area contributed by atoms with Gasteiger partial charge in [0.1, 0.15) is 10.6 Å². The highest BCUT2D eigenvalue weighted by Crippen LogP contribution is 2.33. The third kappa shape index (κ3) is 4.39. The number of rotatable bonds is 6. The number of nitrogens with one attached hydrogen (secondary N) is 2. The van der Waals surface area contributed by atoms with E-state index in [0.29, 0.717) is 23.3 Å². The molecule has 3 rings (SSSR count). The Hall–Kier alpha value is -2.35. The first-order chi connectivity index (χ1) is 11.9. The second kappa shape index (κ2) is 7.26. The SMILES string of the molecule is Cc1cc2c(NCCCNc3ccccc3)nc(C(F)(F)F)nc2s1. The molecule has 0 saturated heterocycles. The van der Waals surface area contributed by atoms with Crippen molar-refractivity contribution in [3.8, 4) is 0 Å². The van der Waals surface area contributed by atoms with Crippen molar-refractivity contribution in [2.45, 2.75) is 19.5 Å². The van der Waals surface area contributed by atoms with Crippen LogP contribution in [0.3, 0.4) is 0 Å². The van der Waals surface area contributed by atoms with E-state index in [9.17, 15) is 13.2 Å². The van der Waals surface area contributed by atoms with Gasteiger partial charge in [-0.05, 0) is 31.5 Å². The van der Waals surface area contributed by atoms with Crippen molar-refractivity contribution in [1.82, 2.24) is 9.97 Å². The van der Waals surface area contributed by atoms with E-state index in [1.165, 1.54) is 11.3 Å². The Morgan fingerprint density at radius 2 is 1.76 bits per heavy atom. The van der Waals surface area contributed by atoms with E-state index in [1.807, 2.05) is 43.3 Å². The number of aromatic nitrogens is 2. The van der Waals surface area contributed by atoms with Crippen molar-refractivity contribution < 1.29 is 13.2 Å². The van der Waals surface area contributed by atoms with Gasteiger partial charge in [0, 0.05) is 23.7 Å². The fourth-order valence-corrected chi connectivity index (χ4v) is 3.27. The van der Waals surface area contributed by atoms with Crippen LogP contribution < -0.4 is 10.6 Å². The zero-order valence-electron chi connectivity index (χ0n) is 13.5. The van der Waals surface area contributed by atoms with Crippen LogP contribution in [0.5, 0.6) is 0 Å². The summed E-state index contributed by atoms with van der Waals surface area (Å²) < 4.78 is 38.9. The van der Waals surface area contributed by atoms with Crippen LogP contribution in [-0.4, -0.2) is 23.1 Å².